The quantitative estimate of drug-likeness (QED) is 0.591. The van der Waals surface area contributed by atoms with Crippen LogP contribution in [0.2, 0.25) is 0 Å². The van der Waals surface area contributed by atoms with E-state index in [9.17, 15) is 4.79 Å². The fourth-order valence-corrected chi connectivity index (χ4v) is 2.64. The largest absolute Gasteiger partial charge is 0.496 e. The molecule has 134 valence electrons. The van der Waals surface area contributed by atoms with E-state index in [1.54, 1.807) is 48.8 Å². The van der Waals surface area contributed by atoms with Crippen molar-refractivity contribution in [3.63, 3.8) is 0 Å². The molecule has 0 aliphatic rings. The third-order valence-corrected chi connectivity index (χ3v) is 3.96. The number of amides is 1. The summed E-state index contributed by atoms with van der Waals surface area (Å²) >= 11 is 0. The second kappa shape index (κ2) is 8.25. The van der Waals surface area contributed by atoms with Gasteiger partial charge in [-0.2, -0.15) is 0 Å². The number of ether oxygens (including phenoxy) is 1. The Hall–Kier alpha value is -3.21. The molecule has 0 unspecified atom stereocenters. The minimum atomic E-state index is -0.138. The summed E-state index contributed by atoms with van der Waals surface area (Å²) in [5, 5.41) is 0. The van der Waals surface area contributed by atoms with Gasteiger partial charge in [0.05, 0.1) is 32.7 Å². The normalized spacial score (nSPS) is 11.0. The first-order valence-corrected chi connectivity index (χ1v) is 8.32. The fraction of sp³-hybridized carbons (Fsp3) is 0.190. The van der Waals surface area contributed by atoms with Crippen LogP contribution >= 0.6 is 0 Å². The molecule has 0 aliphatic carbocycles. The molecule has 1 amide bonds. The van der Waals surface area contributed by atoms with Gasteiger partial charge < -0.3 is 18.5 Å². The van der Waals surface area contributed by atoms with E-state index in [0.29, 0.717) is 24.6 Å². The zero-order valence-electron chi connectivity index (χ0n) is 14.8. The molecule has 0 bridgehead atoms. The van der Waals surface area contributed by atoms with Crippen LogP contribution in [0, 0.1) is 6.92 Å². The van der Waals surface area contributed by atoms with Gasteiger partial charge >= 0.3 is 0 Å². The molecule has 5 heteroatoms. The van der Waals surface area contributed by atoms with Crippen LogP contribution in [0.25, 0.3) is 6.08 Å². The van der Waals surface area contributed by atoms with Gasteiger partial charge in [-0.3, -0.25) is 4.79 Å². The maximum absolute atomic E-state index is 12.8. The molecule has 1 aromatic carbocycles. The maximum atomic E-state index is 12.8. The van der Waals surface area contributed by atoms with E-state index in [4.69, 9.17) is 13.6 Å². The lowest BCUT2D eigenvalue weighted by atomic mass is 10.1. The summed E-state index contributed by atoms with van der Waals surface area (Å²) in [6.45, 7) is 2.72. The van der Waals surface area contributed by atoms with Crippen LogP contribution in [0.3, 0.4) is 0 Å². The van der Waals surface area contributed by atoms with Gasteiger partial charge in [0.2, 0.25) is 5.91 Å². The number of hydrogen-bond donors (Lipinski definition) is 0. The molecule has 0 aliphatic heterocycles. The number of rotatable bonds is 7. The third kappa shape index (κ3) is 4.45. The molecule has 0 fully saturated rings. The second-order valence-electron chi connectivity index (χ2n) is 5.93. The molecule has 0 spiro atoms. The molecule has 0 atom stereocenters. The highest BCUT2D eigenvalue weighted by atomic mass is 16.5. The van der Waals surface area contributed by atoms with E-state index >= 15 is 0 Å². The van der Waals surface area contributed by atoms with E-state index in [-0.39, 0.29) is 5.91 Å². The summed E-state index contributed by atoms with van der Waals surface area (Å²) in [6, 6.07) is 13.1. The van der Waals surface area contributed by atoms with E-state index in [1.165, 1.54) is 0 Å². The summed E-state index contributed by atoms with van der Waals surface area (Å²) in [4.78, 5) is 14.4. The molecular weight excluding hydrogens is 330 g/mol. The van der Waals surface area contributed by atoms with Crippen molar-refractivity contribution in [2.75, 3.05) is 7.11 Å². The van der Waals surface area contributed by atoms with Crippen molar-refractivity contribution < 1.29 is 18.4 Å². The Kier molecular flexibility index (Phi) is 5.59. The van der Waals surface area contributed by atoms with Crippen LogP contribution in [-0.2, 0) is 17.9 Å². The zero-order chi connectivity index (χ0) is 18.4. The first-order valence-electron chi connectivity index (χ1n) is 8.32. The Morgan fingerprint density at radius 1 is 1.08 bits per heavy atom. The van der Waals surface area contributed by atoms with Crippen molar-refractivity contribution in [3.05, 3.63) is 83.7 Å². The Labute approximate surface area is 152 Å². The summed E-state index contributed by atoms with van der Waals surface area (Å²) in [6.07, 6.45) is 6.51. The van der Waals surface area contributed by atoms with Crippen molar-refractivity contribution in [2.45, 2.75) is 20.0 Å². The van der Waals surface area contributed by atoms with E-state index in [2.05, 4.69) is 0 Å². The van der Waals surface area contributed by atoms with Gasteiger partial charge in [-0.1, -0.05) is 11.6 Å². The number of carbonyl (C=O) groups is 1. The van der Waals surface area contributed by atoms with Gasteiger partial charge in [-0.15, -0.1) is 0 Å². The summed E-state index contributed by atoms with van der Waals surface area (Å²) in [7, 11) is 1.62. The van der Waals surface area contributed by atoms with Gasteiger partial charge in [-0.25, -0.2) is 0 Å². The van der Waals surface area contributed by atoms with Crippen LogP contribution in [0.4, 0.5) is 0 Å². The lowest BCUT2D eigenvalue weighted by Gasteiger charge is -2.19. The molecule has 2 heterocycles. The Balaban J connectivity index is 1.79. The van der Waals surface area contributed by atoms with Crippen LogP contribution in [0.5, 0.6) is 5.75 Å². The standard InChI is InChI=1S/C21H21NO4/c1-16-7-9-20(24-2)17(13-16)8-10-21(23)22(14-18-5-3-11-25-18)15-19-6-4-12-26-19/h3-13H,14-15H2,1-2H3/b10-8+. The fourth-order valence-electron chi connectivity index (χ4n) is 2.64. The number of carbonyl (C=O) groups excluding carboxylic acids is 1. The smallest absolute Gasteiger partial charge is 0.247 e. The van der Waals surface area contributed by atoms with E-state index in [0.717, 1.165) is 16.9 Å². The molecular formula is C21H21NO4. The molecule has 0 saturated carbocycles. The second-order valence-corrected chi connectivity index (χ2v) is 5.93. The van der Waals surface area contributed by atoms with Crippen molar-refractivity contribution in [2.24, 2.45) is 0 Å². The number of methoxy groups -OCH3 is 1. The summed E-state index contributed by atoms with van der Waals surface area (Å²) in [5.41, 5.74) is 1.96. The van der Waals surface area contributed by atoms with E-state index in [1.807, 2.05) is 37.3 Å². The Bertz CT molecular complexity index is 827. The molecule has 0 saturated heterocycles. The minimum Gasteiger partial charge on any atom is -0.496 e. The number of nitrogens with zero attached hydrogens (tertiary/aromatic N) is 1. The predicted octanol–water partition coefficient (Wildman–Crippen LogP) is 4.43. The zero-order valence-corrected chi connectivity index (χ0v) is 14.8. The van der Waals surface area contributed by atoms with Crippen LogP contribution in [0.15, 0.2) is 69.9 Å². The number of furan rings is 2. The highest BCUT2D eigenvalue weighted by Gasteiger charge is 2.15. The average molecular weight is 351 g/mol. The first-order chi connectivity index (χ1) is 12.7. The third-order valence-electron chi connectivity index (χ3n) is 3.96. The van der Waals surface area contributed by atoms with Crippen molar-refractivity contribution in [1.82, 2.24) is 4.90 Å². The molecule has 0 N–H and O–H groups in total. The highest BCUT2D eigenvalue weighted by Crippen LogP contribution is 2.21. The average Bonchev–Trinajstić information content (AvgIpc) is 3.33. The topological polar surface area (TPSA) is 55.8 Å². The van der Waals surface area contributed by atoms with Crippen molar-refractivity contribution in [3.8, 4) is 5.75 Å². The number of benzene rings is 1. The molecule has 3 rings (SSSR count). The molecule has 0 radical (unpaired) electrons. The van der Waals surface area contributed by atoms with Gasteiger partial charge in [0.25, 0.3) is 0 Å². The van der Waals surface area contributed by atoms with Crippen LogP contribution in [-0.4, -0.2) is 17.9 Å². The lowest BCUT2D eigenvalue weighted by Crippen LogP contribution is -2.28. The van der Waals surface area contributed by atoms with Crippen molar-refractivity contribution >= 4 is 12.0 Å². The van der Waals surface area contributed by atoms with Gasteiger partial charge in [0.15, 0.2) is 0 Å². The van der Waals surface area contributed by atoms with Crippen molar-refractivity contribution in [1.29, 1.82) is 0 Å². The highest BCUT2D eigenvalue weighted by molar-refractivity contribution is 5.92. The van der Waals surface area contributed by atoms with E-state index < -0.39 is 0 Å². The lowest BCUT2D eigenvalue weighted by molar-refractivity contribution is -0.127. The summed E-state index contributed by atoms with van der Waals surface area (Å²) < 4.78 is 16.1. The molecule has 26 heavy (non-hydrogen) atoms. The minimum absolute atomic E-state index is 0.138. The van der Waals surface area contributed by atoms with Gasteiger partial charge in [-0.05, 0) is 49.4 Å². The monoisotopic (exact) mass is 351 g/mol. The van der Waals surface area contributed by atoms with Gasteiger partial charge in [0.1, 0.15) is 17.3 Å². The predicted molar refractivity (Wildman–Crippen MR) is 98.4 cm³/mol. The molecule has 2 aromatic heterocycles. The Morgan fingerprint density at radius 2 is 1.73 bits per heavy atom. The summed E-state index contributed by atoms with van der Waals surface area (Å²) in [5.74, 6) is 2.02. The molecule has 3 aromatic rings. The van der Waals surface area contributed by atoms with Crippen LogP contribution < -0.4 is 4.74 Å². The Morgan fingerprint density at radius 3 is 2.27 bits per heavy atom. The number of aryl methyl sites for hydroxylation is 1. The first kappa shape index (κ1) is 17.6. The maximum Gasteiger partial charge on any atom is 0.247 e. The van der Waals surface area contributed by atoms with Crippen LogP contribution in [0.1, 0.15) is 22.6 Å². The molecule has 5 nitrogen and oxygen atoms in total. The van der Waals surface area contributed by atoms with Gasteiger partial charge in [0, 0.05) is 11.6 Å². The SMILES string of the molecule is COc1ccc(C)cc1/C=C/C(=O)N(Cc1ccco1)Cc1ccco1. The number of hydrogen-bond acceptors (Lipinski definition) is 4.